The number of nitrogens with zero attached hydrogens (tertiary/aromatic N) is 2. The van der Waals surface area contributed by atoms with Crippen LogP contribution in [0.3, 0.4) is 0 Å². The van der Waals surface area contributed by atoms with E-state index in [0.29, 0.717) is 29.5 Å². The molecule has 8 heteroatoms. The standard InChI is InChI=1S/C22H25N3O4S/c1-14-7-8-18-17(11-14)19(23-15(2)22(26)27)12-21(24-18)25-9-10-30(28,29)20-6-4-3-5-16(20)13-25/h3-8,11-12,15,28-29H,9-10,13H2,1-2H3,(H,23,24)(H,26,27)/t15-/m0/s1. The third kappa shape index (κ3) is 3.94. The zero-order valence-electron chi connectivity index (χ0n) is 16.9. The molecule has 158 valence electrons. The van der Waals surface area contributed by atoms with E-state index in [9.17, 15) is 19.0 Å². The van der Waals surface area contributed by atoms with Gasteiger partial charge in [0.15, 0.2) is 0 Å². The number of aryl methyl sites for hydroxylation is 1. The molecule has 0 fully saturated rings. The van der Waals surface area contributed by atoms with Crippen LogP contribution in [0.15, 0.2) is 53.4 Å². The van der Waals surface area contributed by atoms with Crippen molar-refractivity contribution in [2.75, 3.05) is 22.5 Å². The molecule has 1 aromatic heterocycles. The number of hydrogen-bond donors (Lipinski definition) is 4. The molecule has 0 spiro atoms. The molecular weight excluding hydrogens is 402 g/mol. The number of aromatic nitrogens is 1. The van der Waals surface area contributed by atoms with E-state index in [1.165, 1.54) is 0 Å². The number of carboxylic acids is 1. The predicted octanol–water partition coefficient (Wildman–Crippen LogP) is 4.56. The second-order valence-corrected chi connectivity index (χ2v) is 9.83. The van der Waals surface area contributed by atoms with Crippen molar-refractivity contribution in [1.82, 2.24) is 4.98 Å². The number of hydrogen-bond acceptors (Lipinski definition) is 6. The summed E-state index contributed by atoms with van der Waals surface area (Å²) in [5, 5.41) is 13.3. The molecule has 0 saturated carbocycles. The van der Waals surface area contributed by atoms with E-state index in [2.05, 4.69) is 5.32 Å². The molecule has 4 rings (SSSR count). The van der Waals surface area contributed by atoms with Gasteiger partial charge in [-0.1, -0.05) is 29.8 Å². The molecule has 7 nitrogen and oxygen atoms in total. The molecule has 1 aliphatic rings. The van der Waals surface area contributed by atoms with Gasteiger partial charge in [0, 0.05) is 30.2 Å². The molecule has 2 heterocycles. The fourth-order valence-electron chi connectivity index (χ4n) is 3.68. The van der Waals surface area contributed by atoms with E-state index in [0.717, 1.165) is 22.0 Å². The second-order valence-electron chi connectivity index (χ2n) is 7.65. The first-order valence-corrected chi connectivity index (χ1v) is 11.5. The normalized spacial score (nSPS) is 17.7. The zero-order valence-corrected chi connectivity index (χ0v) is 17.7. The Labute approximate surface area is 176 Å². The summed E-state index contributed by atoms with van der Waals surface area (Å²) in [5.74, 6) is -0.0588. The minimum absolute atomic E-state index is 0.214. The molecule has 0 bridgehead atoms. The minimum atomic E-state index is -2.87. The van der Waals surface area contributed by atoms with Gasteiger partial charge in [-0.2, -0.15) is 10.6 Å². The molecule has 1 aliphatic heterocycles. The van der Waals surface area contributed by atoms with Gasteiger partial charge in [-0.05, 0) is 37.6 Å². The van der Waals surface area contributed by atoms with Crippen molar-refractivity contribution in [3.8, 4) is 0 Å². The molecule has 3 aromatic rings. The van der Waals surface area contributed by atoms with Gasteiger partial charge in [0.25, 0.3) is 0 Å². The molecule has 0 saturated heterocycles. The average molecular weight is 428 g/mol. The van der Waals surface area contributed by atoms with Crippen molar-refractivity contribution in [3.63, 3.8) is 0 Å². The summed E-state index contributed by atoms with van der Waals surface area (Å²) < 4.78 is 21.2. The number of anilines is 2. The average Bonchev–Trinajstić information content (AvgIpc) is 2.84. The number of carbonyl (C=O) groups is 1. The maximum absolute atomic E-state index is 11.4. The molecule has 4 N–H and O–H groups in total. The van der Waals surface area contributed by atoms with Gasteiger partial charge in [-0.3, -0.25) is 13.9 Å². The topological polar surface area (TPSA) is 106 Å². The van der Waals surface area contributed by atoms with Crippen molar-refractivity contribution in [2.24, 2.45) is 0 Å². The highest BCUT2D eigenvalue weighted by molar-refractivity contribution is 8.24. The lowest BCUT2D eigenvalue weighted by Gasteiger charge is -2.32. The molecular formula is C22H25N3O4S. The second kappa shape index (κ2) is 7.79. The Hall–Kier alpha value is -2.81. The smallest absolute Gasteiger partial charge is 0.325 e. The first-order chi connectivity index (χ1) is 14.2. The summed E-state index contributed by atoms with van der Waals surface area (Å²) in [7, 11) is -2.87. The number of carboxylic acid groups (broad SMARTS) is 1. The van der Waals surface area contributed by atoms with Gasteiger partial charge < -0.3 is 15.3 Å². The number of nitrogens with one attached hydrogen (secondary N) is 1. The van der Waals surface area contributed by atoms with E-state index in [-0.39, 0.29) is 5.75 Å². The Balaban J connectivity index is 1.79. The first-order valence-electron chi connectivity index (χ1n) is 9.74. The number of fused-ring (bicyclic) bond motifs is 2. The number of aliphatic carboxylic acids is 1. The molecule has 30 heavy (non-hydrogen) atoms. The van der Waals surface area contributed by atoms with E-state index < -0.39 is 22.6 Å². The van der Waals surface area contributed by atoms with Crippen LogP contribution in [0.5, 0.6) is 0 Å². The lowest BCUT2D eigenvalue weighted by Crippen LogP contribution is -2.28. The Bertz CT molecular complexity index is 1120. The van der Waals surface area contributed by atoms with Gasteiger partial charge in [0.2, 0.25) is 0 Å². The number of rotatable bonds is 4. The SMILES string of the molecule is Cc1ccc2nc(N3CCS(O)(O)c4ccccc4C3)cc(N[C@@H](C)C(=O)O)c2c1. The van der Waals surface area contributed by atoms with Crippen LogP contribution < -0.4 is 10.2 Å². The molecule has 1 atom stereocenters. The van der Waals surface area contributed by atoms with Crippen LogP contribution in [0, 0.1) is 6.92 Å². The third-order valence-electron chi connectivity index (χ3n) is 5.35. The van der Waals surface area contributed by atoms with E-state index in [1.807, 2.05) is 54.3 Å². The number of pyridine rings is 1. The fourth-order valence-corrected chi connectivity index (χ4v) is 5.23. The van der Waals surface area contributed by atoms with Gasteiger partial charge in [0.1, 0.15) is 11.9 Å². The van der Waals surface area contributed by atoms with Crippen molar-refractivity contribution in [1.29, 1.82) is 0 Å². The highest BCUT2D eigenvalue weighted by atomic mass is 32.3. The van der Waals surface area contributed by atoms with Gasteiger partial charge in [-0.25, -0.2) is 4.98 Å². The molecule has 0 unspecified atom stereocenters. The zero-order chi connectivity index (χ0) is 21.5. The highest BCUT2D eigenvalue weighted by Gasteiger charge is 2.27. The predicted molar refractivity (Wildman–Crippen MR) is 121 cm³/mol. The van der Waals surface area contributed by atoms with Crippen LogP contribution in [0.2, 0.25) is 0 Å². The van der Waals surface area contributed by atoms with Crippen LogP contribution in [-0.4, -0.2) is 43.5 Å². The Morgan fingerprint density at radius 2 is 1.97 bits per heavy atom. The van der Waals surface area contributed by atoms with E-state index >= 15 is 0 Å². The quantitative estimate of drug-likeness (QED) is 0.484. The lowest BCUT2D eigenvalue weighted by molar-refractivity contribution is -0.137. The van der Waals surface area contributed by atoms with Crippen LogP contribution >= 0.6 is 10.6 Å². The summed E-state index contributed by atoms with van der Waals surface area (Å²) in [6.07, 6.45) is 0. The third-order valence-corrected chi connectivity index (χ3v) is 7.20. The lowest BCUT2D eigenvalue weighted by atomic mass is 10.1. The van der Waals surface area contributed by atoms with Crippen molar-refractivity contribution in [2.45, 2.75) is 31.3 Å². The van der Waals surface area contributed by atoms with Gasteiger partial charge in [0.05, 0.1) is 16.2 Å². The largest absolute Gasteiger partial charge is 0.480 e. The summed E-state index contributed by atoms with van der Waals surface area (Å²) in [6, 6.07) is 14.3. The summed E-state index contributed by atoms with van der Waals surface area (Å²) in [6.45, 7) is 4.50. The van der Waals surface area contributed by atoms with Crippen LogP contribution in [-0.2, 0) is 11.3 Å². The molecule has 0 radical (unpaired) electrons. The molecule has 0 aliphatic carbocycles. The Morgan fingerprint density at radius 1 is 1.20 bits per heavy atom. The van der Waals surface area contributed by atoms with Crippen LogP contribution in [0.4, 0.5) is 11.5 Å². The monoisotopic (exact) mass is 427 g/mol. The van der Waals surface area contributed by atoms with E-state index in [4.69, 9.17) is 4.98 Å². The van der Waals surface area contributed by atoms with E-state index in [1.54, 1.807) is 13.0 Å². The molecule has 2 aromatic carbocycles. The van der Waals surface area contributed by atoms with Crippen molar-refractivity contribution < 1.29 is 19.0 Å². The maximum atomic E-state index is 11.4. The Morgan fingerprint density at radius 3 is 2.73 bits per heavy atom. The van der Waals surface area contributed by atoms with Gasteiger partial charge >= 0.3 is 5.97 Å². The summed E-state index contributed by atoms with van der Waals surface area (Å²) >= 11 is 0. The maximum Gasteiger partial charge on any atom is 0.325 e. The van der Waals surface area contributed by atoms with Gasteiger partial charge in [-0.15, -0.1) is 0 Å². The van der Waals surface area contributed by atoms with Crippen LogP contribution in [0.25, 0.3) is 10.9 Å². The Kier molecular flexibility index (Phi) is 5.31. The number of benzene rings is 2. The summed E-state index contributed by atoms with van der Waals surface area (Å²) in [4.78, 5) is 18.8. The summed E-state index contributed by atoms with van der Waals surface area (Å²) in [5.41, 5.74) is 3.36. The minimum Gasteiger partial charge on any atom is -0.480 e. The van der Waals surface area contributed by atoms with Crippen molar-refractivity contribution >= 4 is 39.0 Å². The van der Waals surface area contributed by atoms with Crippen LogP contribution in [0.1, 0.15) is 18.1 Å². The molecule has 0 amide bonds. The van der Waals surface area contributed by atoms with Crippen molar-refractivity contribution in [3.05, 3.63) is 59.7 Å². The fraction of sp³-hybridized carbons (Fsp3) is 0.273. The highest BCUT2D eigenvalue weighted by Crippen LogP contribution is 2.51. The first kappa shape index (κ1) is 20.5.